The third-order valence-corrected chi connectivity index (χ3v) is 4.80. The first-order chi connectivity index (χ1) is 9.60. The summed E-state index contributed by atoms with van der Waals surface area (Å²) in [5.41, 5.74) is 7.26. The molecule has 1 saturated carbocycles. The highest BCUT2D eigenvalue weighted by Gasteiger charge is 2.24. The van der Waals surface area contributed by atoms with Crippen molar-refractivity contribution in [3.05, 3.63) is 35.6 Å². The molecule has 0 heterocycles. The molecule has 112 valence electrons. The standard InChI is InChI=1S/C17H27FN2/c1-3-13-4-10-16(11-5-13)20(2)12-17(19)14-6-8-15(18)9-7-14/h6-9,13,16-17H,3-5,10-12,19H2,1-2H3. The van der Waals surface area contributed by atoms with Crippen molar-refractivity contribution in [2.45, 2.75) is 51.1 Å². The summed E-state index contributed by atoms with van der Waals surface area (Å²) in [4.78, 5) is 2.39. The molecule has 2 rings (SSSR count). The maximum atomic E-state index is 12.9. The van der Waals surface area contributed by atoms with Gasteiger partial charge in [-0.05, 0) is 56.3 Å². The van der Waals surface area contributed by atoms with Crippen LogP contribution in [0.2, 0.25) is 0 Å². The molecule has 1 aliphatic rings. The summed E-state index contributed by atoms with van der Waals surface area (Å²) in [6, 6.07) is 7.18. The average Bonchev–Trinajstić information content (AvgIpc) is 2.48. The second-order valence-corrected chi connectivity index (χ2v) is 6.18. The fraction of sp³-hybridized carbons (Fsp3) is 0.647. The zero-order valence-electron chi connectivity index (χ0n) is 12.7. The molecular weight excluding hydrogens is 251 g/mol. The Bertz CT molecular complexity index is 396. The fourth-order valence-corrected chi connectivity index (χ4v) is 3.27. The fourth-order valence-electron chi connectivity index (χ4n) is 3.27. The predicted molar refractivity (Wildman–Crippen MR) is 82.0 cm³/mol. The first-order valence-corrected chi connectivity index (χ1v) is 7.81. The maximum Gasteiger partial charge on any atom is 0.123 e. The largest absolute Gasteiger partial charge is 0.323 e. The third kappa shape index (κ3) is 4.03. The molecule has 1 aromatic rings. The topological polar surface area (TPSA) is 29.3 Å². The van der Waals surface area contributed by atoms with Crippen molar-refractivity contribution in [1.29, 1.82) is 0 Å². The number of nitrogens with two attached hydrogens (primary N) is 1. The van der Waals surface area contributed by atoms with Crippen LogP contribution in [-0.2, 0) is 0 Å². The van der Waals surface area contributed by atoms with Crippen LogP contribution in [-0.4, -0.2) is 24.5 Å². The van der Waals surface area contributed by atoms with Crippen molar-refractivity contribution in [3.8, 4) is 0 Å². The summed E-state index contributed by atoms with van der Waals surface area (Å²) >= 11 is 0. The molecule has 1 fully saturated rings. The van der Waals surface area contributed by atoms with E-state index in [0.717, 1.165) is 18.0 Å². The molecule has 2 N–H and O–H groups in total. The molecule has 0 amide bonds. The van der Waals surface area contributed by atoms with Crippen molar-refractivity contribution < 1.29 is 4.39 Å². The predicted octanol–water partition coefficient (Wildman–Crippen LogP) is 3.73. The van der Waals surface area contributed by atoms with Crippen molar-refractivity contribution in [3.63, 3.8) is 0 Å². The minimum Gasteiger partial charge on any atom is -0.323 e. The zero-order chi connectivity index (χ0) is 14.5. The van der Waals surface area contributed by atoms with Crippen LogP contribution in [0.3, 0.4) is 0 Å². The number of benzene rings is 1. The highest BCUT2D eigenvalue weighted by atomic mass is 19.1. The first-order valence-electron chi connectivity index (χ1n) is 7.81. The highest BCUT2D eigenvalue weighted by Crippen LogP contribution is 2.29. The van der Waals surface area contributed by atoms with Crippen LogP contribution in [0.15, 0.2) is 24.3 Å². The molecule has 0 spiro atoms. The van der Waals surface area contributed by atoms with E-state index in [4.69, 9.17) is 5.73 Å². The highest BCUT2D eigenvalue weighted by molar-refractivity contribution is 5.19. The monoisotopic (exact) mass is 278 g/mol. The Hall–Kier alpha value is -0.930. The average molecular weight is 278 g/mol. The van der Waals surface area contributed by atoms with Gasteiger partial charge < -0.3 is 10.6 Å². The van der Waals surface area contributed by atoms with Crippen LogP contribution in [0.5, 0.6) is 0 Å². The maximum absolute atomic E-state index is 12.9. The van der Waals surface area contributed by atoms with Crippen molar-refractivity contribution in [1.82, 2.24) is 4.90 Å². The van der Waals surface area contributed by atoms with Gasteiger partial charge in [0.05, 0.1) is 0 Å². The molecule has 0 aromatic heterocycles. The van der Waals surface area contributed by atoms with Gasteiger partial charge in [-0.15, -0.1) is 0 Å². The smallest absolute Gasteiger partial charge is 0.123 e. The lowest BCUT2D eigenvalue weighted by Crippen LogP contribution is -2.39. The summed E-state index contributed by atoms with van der Waals surface area (Å²) in [5.74, 6) is 0.720. The first kappa shape index (κ1) is 15.5. The van der Waals surface area contributed by atoms with Crippen molar-refractivity contribution in [2.75, 3.05) is 13.6 Å². The molecule has 0 saturated heterocycles. The van der Waals surface area contributed by atoms with Gasteiger partial charge in [0.2, 0.25) is 0 Å². The summed E-state index contributed by atoms with van der Waals surface area (Å²) in [7, 11) is 2.17. The number of likely N-dealkylation sites (N-methyl/N-ethyl adjacent to an activating group) is 1. The molecule has 1 unspecified atom stereocenters. The lowest BCUT2D eigenvalue weighted by atomic mass is 9.84. The SMILES string of the molecule is CCC1CCC(N(C)CC(N)c2ccc(F)cc2)CC1. The van der Waals surface area contributed by atoms with Gasteiger partial charge in [0.25, 0.3) is 0 Å². The van der Waals surface area contributed by atoms with E-state index in [1.54, 1.807) is 12.1 Å². The lowest BCUT2D eigenvalue weighted by Gasteiger charge is -2.35. The van der Waals surface area contributed by atoms with Gasteiger partial charge in [0.15, 0.2) is 0 Å². The molecule has 0 aliphatic heterocycles. The summed E-state index contributed by atoms with van der Waals surface area (Å²) in [5, 5.41) is 0. The van der Waals surface area contributed by atoms with E-state index < -0.39 is 0 Å². The summed E-state index contributed by atoms with van der Waals surface area (Å²) in [6.45, 7) is 3.13. The lowest BCUT2D eigenvalue weighted by molar-refractivity contribution is 0.156. The quantitative estimate of drug-likeness (QED) is 0.889. The Morgan fingerprint density at radius 2 is 1.80 bits per heavy atom. The zero-order valence-corrected chi connectivity index (χ0v) is 12.7. The van der Waals surface area contributed by atoms with Gasteiger partial charge in [0, 0.05) is 18.6 Å². The normalized spacial score (nSPS) is 24.9. The number of nitrogens with zero attached hydrogens (tertiary/aromatic N) is 1. The van der Waals surface area contributed by atoms with E-state index in [9.17, 15) is 4.39 Å². The van der Waals surface area contributed by atoms with Gasteiger partial charge in [-0.25, -0.2) is 4.39 Å². The Morgan fingerprint density at radius 1 is 1.20 bits per heavy atom. The van der Waals surface area contributed by atoms with Crippen molar-refractivity contribution in [2.24, 2.45) is 11.7 Å². The van der Waals surface area contributed by atoms with E-state index in [2.05, 4.69) is 18.9 Å². The Labute approximate surface area is 122 Å². The van der Waals surface area contributed by atoms with Crippen LogP contribution in [0.4, 0.5) is 4.39 Å². The summed E-state index contributed by atoms with van der Waals surface area (Å²) < 4.78 is 12.9. The second-order valence-electron chi connectivity index (χ2n) is 6.18. The number of rotatable bonds is 5. The molecule has 1 aromatic carbocycles. The minimum atomic E-state index is -0.202. The molecular formula is C17H27FN2. The van der Waals surface area contributed by atoms with Crippen LogP contribution in [0.1, 0.15) is 50.6 Å². The second kappa shape index (κ2) is 7.19. The van der Waals surface area contributed by atoms with Crippen molar-refractivity contribution >= 4 is 0 Å². The number of halogens is 1. The molecule has 3 heteroatoms. The van der Waals surface area contributed by atoms with E-state index in [1.807, 2.05) is 0 Å². The van der Waals surface area contributed by atoms with Gasteiger partial charge in [-0.1, -0.05) is 25.5 Å². The Balaban J connectivity index is 1.84. The van der Waals surface area contributed by atoms with Crippen LogP contribution in [0.25, 0.3) is 0 Å². The van der Waals surface area contributed by atoms with E-state index >= 15 is 0 Å². The molecule has 1 aliphatic carbocycles. The van der Waals surface area contributed by atoms with Gasteiger partial charge in [0.1, 0.15) is 5.82 Å². The van der Waals surface area contributed by atoms with E-state index in [0.29, 0.717) is 6.04 Å². The number of hydrogen-bond acceptors (Lipinski definition) is 2. The third-order valence-electron chi connectivity index (χ3n) is 4.80. The Kier molecular flexibility index (Phi) is 5.55. The van der Waals surface area contributed by atoms with Crippen LogP contribution in [0, 0.1) is 11.7 Å². The van der Waals surface area contributed by atoms with Gasteiger partial charge >= 0.3 is 0 Å². The molecule has 1 atom stereocenters. The molecule has 20 heavy (non-hydrogen) atoms. The van der Waals surface area contributed by atoms with Gasteiger partial charge in [-0.2, -0.15) is 0 Å². The summed E-state index contributed by atoms with van der Waals surface area (Å²) in [6.07, 6.45) is 6.57. The minimum absolute atomic E-state index is 0.0375. The molecule has 2 nitrogen and oxygen atoms in total. The van der Waals surface area contributed by atoms with Crippen LogP contribution >= 0.6 is 0 Å². The number of hydrogen-bond donors (Lipinski definition) is 1. The van der Waals surface area contributed by atoms with E-state index in [-0.39, 0.29) is 11.9 Å². The molecule has 0 bridgehead atoms. The Morgan fingerprint density at radius 3 is 2.35 bits per heavy atom. The molecule has 0 radical (unpaired) electrons. The van der Waals surface area contributed by atoms with E-state index in [1.165, 1.54) is 44.2 Å². The van der Waals surface area contributed by atoms with Gasteiger partial charge in [-0.3, -0.25) is 0 Å². The van der Waals surface area contributed by atoms with Crippen LogP contribution < -0.4 is 5.73 Å².